The first-order valence-corrected chi connectivity index (χ1v) is 11.3. The van der Waals surface area contributed by atoms with E-state index in [2.05, 4.69) is 71.0 Å². The third-order valence-electron chi connectivity index (χ3n) is 6.23. The number of aromatic nitrogens is 1. The Kier molecular flexibility index (Phi) is 7.48. The quantitative estimate of drug-likeness (QED) is 0.429. The minimum absolute atomic E-state index is 0.0635. The van der Waals surface area contributed by atoms with Gasteiger partial charge in [-0.2, -0.15) is 0 Å². The molecule has 6 heteroatoms. The molecule has 1 aliphatic heterocycles. The highest BCUT2D eigenvalue weighted by Gasteiger charge is 2.26. The molecule has 0 radical (unpaired) electrons. The normalized spacial score (nSPS) is 14.7. The Bertz CT molecular complexity index is 920. The molecular formula is C26H31N5O. The van der Waals surface area contributed by atoms with E-state index in [1.807, 2.05) is 9.91 Å². The molecule has 2 heterocycles. The molecule has 0 saturated carbocycles. The largest absolute Gasteiger partial charge is 0.324 e. The van der Waals surface area contributed by atoms with E-state index in [0.717, 1.165) is 31.5 Å². The van der Waals surface area contributed by atoms with Crippen molar-refractivity contribution in [2.45, 2.75) is 31.2 Å². The molecule has 0 bridgehead atoms. The van der Waals surface area contributed by atoms with Crippen LogP contribution in [0.25, 0.3) is 0 Å². The van der Waals surface area contributed by atoms with E-state index in [9.17, 15) is 4.79 Å². The summed E-state index contributed by atoms with van der Waals surface area (Å²) in [6.45, 7) is 2.22. The number of amides is 2. The summed E-state index contributed by atoms with van der Waals surface area (Å²) in [5.41, 5.74) is 3.39. The van der Waals surface area contributed by atoms with Gasteiger partial charge < -0.3 is 10.2 Å². The van der Waals surface area contributed by atoms with Crippen LogP contribution in [-0.4, -0.2) is 46.6 Å². The molecule has 0 aliphatic carbocycles. The molecule has 32 heavy (non-hydrogen) atoms. The van der Waals surface area contributed by atoms with Gasteiger partial charge in [0.05, 0.1) is 0 Å². The Morgan fingerprint density at radius 2 is 1.53 bits per heavy atom. The summed E-state index contributed by atoms with van der Waals surface area (Å²) in [5, 5.41) is 4.92. The van der Waals surface area contributed by atoms with Crippen molar-refractivity contribution in [2.24, 2.45) is 5.84 Å². The molecule has 166 valence electrons. The van der Waals surface area contributed by atoms with Crippen LogP contribution in [0.15, 0.2) is 85.2 Å². The van der Waals surface area contributed by atoms with Crippen molar-refractivity contribution in [1.29, 1.82) is 0 Å². The smallest absolute Gasteiger partial charge is 0.321 e. The molecule has 3 aromatic rings. The van der Waals surface area contributed by atoms with Crippen molar-refractivity contribution in [2.75, 3.05) is 25.0 Å². The molecule has 1 aliphatic rings. The van der Waals surface area contributed by atoms with Gasteiger partial charge in [-0.05, 0) is 42.5 Å². The molecule has 0 spiro atoms. The lowest BCUT2D eigenvalue weighted by molar-refractivity contribution is 0.120. The van der Waals surface area contributed by atoms with Gasteiger partial charge >= 0.3 is 6.03 Å². The number of pyridine rings is 1. The highest BCUT2D eigenvalue weighted by molar-refractivity contribution is 5.89. The first-order valence-electron chi connectivity index (χ1n) is 11.3. The lowest BCUT2D eigenvalue weighted by Crippen LogP contribution is -2.50. The molecule has 4 rings (SSSR count). The van der Waals surface area contributed by atoms with E-state index in [1.165, 1.54) is 11.1 Å². The lowest BCUT2D eigenvalue weighted by Gasteiger charge is -2.36. The highest BCUT2D eigenvalue weighted by Crippen LogP contribution is 2.28. The SMILES string of the molecule is NN(CCC(c1ccccc1)c1ccccc1)C1CCN(C(=O)Nc2ccncc2)CC1. The van der Waals surface area contributed by atoms with Gasteiger partial charge in [0.15, 0.2) is 0 Å². The van der Waals surface area contributed by atoms with Crippen molar-refractivity contribution in [1.82, 2.24) is 14.9 Å². The molecular weight excluding hydrogens is 398 g/mol. The number of hydrogen-bond donors (Lipinski definition) is 2. The van der Waals surface area contributed by atoms with Crippen molar-refractivity contribution in [3.63, 3.8) is 0 Å². The summed E-state index contributed by atoms with van der Waals surface area (Å²) in [4.78, 5) is 18.4. The number of hydrazine groups is 1. The Labute approximate surface area is 190 Å². The first-order chi connectivity index (χ1) is 15.7. The fourth-order valence-electron chi connectivity index (χ4n) is 4.40. The number of nitrogens with zero attached hydrogens (tertiary/aromatic N) is 3. The van der Waals surface area contributed by atoms with Gasteiger partial charge in [0.25, 0.3) is 0 Å². The molecule has 3 N–H and O–H groups in total. The van der Waals surface area contributed by atoms with Crippen molar-refractivity contribution < 1.29 is 4.79 Å². The summed E-state index contributed by atoms with van der Waals surface area (Å²) in [5.74, 6) is 6.82. The molecule has 2 aromatic carbocycles. The average Bonchev–Trinajstić information content (AvgIpc) is 2.86. The Morgan fingerprint density at radius 3 is 2.09 bits per heavy atom. The van der Waals surface area contributed by atoms with Gasteiger partial charge in [-0.1, -0.05) is 60.7 Å². The average molecular weight is 430 g/mol. The first kappa shape index (κ1) is 22.0. The maximum atomic E-state index is 12.5. The number of carbonyl (C=O) groups excluding carboxylic acids is 1. The molecule has 1 fully saturated rings. The third kappa shape index (κ3) is 5.72. The number of piperidine rings is 1. The van der Waals surface area contributed by atoms with Crippen LogP contribution < -0.4 is 11.2 Å². The topological polar surface area (TPSA) is 74.5 Å². The zero-order valence-corrected chi connectivity index (χ0v) is 18.3. The number of likely N-dealkylation sites (tertiary alicyclic amines) is 1. The van der Waals surface area contributed by atoms with Crippen LogP contribution in [-0.2, 0) is 0 Å². The number of carbonyl (C=O) groups is 1. The van der Waals surface area contributed by atoms with Crippen LogP contribution in [0, 0.1) is 0 Å². The number of hydrogen-bond acceptors (Lipinski definition) is 4. The zero-order valence-electron chi connectivity index (χ0n) is 18.3. The summed E-state index contributed by atoms with van der Waals surface area (Å²) in [7, 11) is 0. The minimum Gasteiger partial charge on any atom is -0.324 e. The number of benzene rings is 2. The van der Waals surface area contributed by atoms with Crippen LogP contribution in [0.2, 0.25) is 0 Å². The Balaban J connectivity index is 1.30. The van der Waals surface area contributed by atoms with Gasteiger partial charge in [0.1, 0.15) is 0 Å². The van der Waals surface area contributed by atoms with E-state index >= 15 is 0 Å². The zero-order chi connectivity index (χ0) is 22.2. The molecule has 2 amide bonds. The van der Waals surface area contributed by atoms with E-state index in [-0.39, 0.29) is 12.1 Å². The highest BCUT2D eigenvalue weighted by atomic mass is 16.2. The Hall–Kier alpha value is -3.22. The number of rotatable bonds is 7. The maximum Gasteiger partial charge on any atom is 0.321 e. The van der Waals surface area contributed by atoms with Gasteiger partial charge in [-0.3, -0.25) is 10.8 Å². The van der Waals surface area contributed by atoms with Crippen LogP contribution in [0.3, 0.4) is 0 Å². The second-order valence-corrected chi connectivity index (χ2v) is 8.28. The summed E-state index contributed by atoms with van der Waals surface area (Å²) in [6, 6.07) is 25.1. The standard InChI is InChI=1S/C26H31N5O/c27-31(20-15-25(21-7-3-1-4-8-21)22-9-5-2-6-10-22)24-13-18-30(19-14-24)26(32)29-23-11-16-28-17-12-23/h1-12,16-17,24-25H,13-15,18-20,27H2,(H,28,29,32). The molecule has 1 aromatic heterocycles. The maximum absolute atomic E-state index is 12.5. The minimum atomic E-state index is -0.0635. The number of anilines is 1. The van der Waals surface area contributed by atoms with Crippen molar-refractivity contribution >= 4 is 11.7 Å². The van der Waals surface area contributed by atoms with Gasteiger partial charge in [0.2, 0.25) is 0 Å². The second-order valence-electron chi connectivity index (χ2n) is 8.28. The monoisotopic (exact) mass is 429 g/mol. The Morgan fingerprint density at radius 1 is 0.969 bits per heavy atom. The number of urea groups is 1. The summed E-state index contributed by atoms with van der Waals surface area (Å²) >= 11 is 0. The van der Waals surface area contributed by atoms with E-state index in [0.29, 0.717) is 19.0 Å². The van der Waals surface area contributed by atoms with Gasteiger partial charge in [-0.25, -0.2) is 9.80 Å². The fraction of sp³-hybridized carbons (Fsp3) is 0.308. The van der Waals surface area contributed by atoms with Crippen molar-refractivity contribution in [3.8, 4) is 0 Å². The van der Waals surface area contributed by atoms with E-state index < -0.39 is 0 Å². The van der Waals surface area contributed by atoms with Crippen LogP contribution in [0.1, 0.15) is 36.3 Å². The predicted octanol–water partition coefficient (Wildman–Crippen LogP) is 4.48. The molecule has 1 saturated heterocycles. The van der Waals surface area contributed by atoms with E-state index in [1.54, 1.807) is 24.5 Å². The fourth-order valence-corrected chi connectivity index (χ4v) is 4.40. The van der Waals surface area contributed by atoms with Gasteiger partial charge in [0, 0.05) is 49.7 Å². The van der Waals surface area contributed by atoms with Crippen LogP contribution >= 0.6 is 0 Å². The lowest BCUT2D eigenvalue weighted by atomic mass is 9.88. The number of nitrogens with one attached hydrogen (secondary N) is 1. The number of nitrogens with two attached hydrogens (primary N) is 1. The van der Waals surface area contributed by atoms with Gasteiger partial charge in [-0.15, -0.1) is 0 Å². The van der Waals surface area contributed by atoms with Crippen molar-refractivity contribution in [3.05, 3.63) is 96.3 Å². The van der Waals surface area contributed by atoms with Crippen LogP contribution in [0.4, 0.5) is 10.5 Å². The third-order valence-corrected chi connectivity index (χ3v) is 6.23. The molecule has 6 nitrogen and oxygen atoms in total. The molecule has 0 atom stereocenters. The summed E-state index contributed by atoms with van der Waals surface area (Å²) in [6.07, 6.45) is 6.05. The van der Waals surface area contributed by atoms with E-state index in [4.69, 9.17) is 5.84 Å². The molecule has 0 unspecified atom stereocenters. The second kappa shape index (κ2) is 10.9. The summed E-state index contributed by atoms with van der Waals surface area (Å²) < 4.78 is 0. The predicted molar refractivity (Wildman–Crippen MR) is 128 cm³/mol. The van der Waals surface area contributed by atoms with Crippen LogP contribution in [0.5, 0.6) is 0 Å².